The molecule has 0 saturated carbocycles. The number of aromatic nitrogens is 2. The molecule has 1 aromatic carbocycles. The summed E-state index contributed by atoms with van der Waals surface area (Å²) in [5.74, 6) is 0.379. The summed E-state index contributed by atoms with van der Waals surface area (Å²) in [6.07, 6.45) is 2.86. The van der Waals surface area contributed by atoms with Gasteiger partial charge in [-0.05, 0) is 38.0 Å². The highest BCUT2D eigenvalue weighted by molar-refractivity contribution is 5.82. The van der Waals surface area contributed by atoms with Crippen LogP contribution in [0.4, 0.5) is 5.69 Å². The molecule has 2 bridgehead atoms. The van der Waals surface area contributed by atoms with Crippen LogP contribution in [0.15, 0.2) is 35.3 Å². The molecule has 3 aliphatic rings. The zero-order valence-corrected chi connectivity index (χ0v) is 17.2. The normalized spacial score (nSPS) is 21.2. The Bertz CT molecular complexity index is 1010. The van der Waals surface area contributed by atoms with Crippen molar-refractivity contribution >= 4 is 22.6 Å². The SMILES string of the molecule is C=C(C)OC(=O)Cn1c(CC)nc2ccc(N3CCN4CCC3CC4)cc2c1=O. The number of aryl methyl sites for hydroxylation is 1. The lowest BCUT2D eigenvalue weighted by Crippen LogP contribution is -2.38. The molecule has 0 N–H and O–H groups in total. The molecule has 0 spiro atoms. The Labute approximate surface area is 170 Å². The summed E-state index contributed by atoms with van der Waals surface area (Å²) in [4.78, 5) is 35.0. The summed E-state index contributed by atoms with van der Waals surface area (Å²) in [5, 5.41) is 0.543. The third kappa shape index (κ3) is 3.92. The Kier molecular flexibility index (Phi) is 5.41. The van der Waals surface area contributed by atoms with E-state index in [0.717, 1.165) is 44.7 Å². The molecule has 0 unspecified atom stereocenters. The number of carbonyl (C=O) groups is 1. The van der Waals surface area contributed by atoms with Gasteiger partial charge in [0.2, 0.25) is 0 Å². The van der Waals surface area contributed by atoms with Gasteiger partial charge in [0.25, 0.3) is 5.56 Å². The van der Waals surface area contributed by atoms with Crippen molar-refractivity contribution in [1.29, 1.82) is 0 Å². The second-order valence-corrected chi connectivity index (χ2v) is 7.92. The molecule has 2 aromatic rings. The molecule has 29 heavy (non-hydrogen) atoms. The van der Waals surface area contributed by atoms with Crippen LogP contribution in [0.1, 0.15) is 32.5 Å². The minimum absolute atomic E-state index is 0.163. The zero-order chi connectivity index (χ0) is 20.5. The van der Waals surface area contributed by atoms with Crippen molar-refractivity contribution < 1.29 is 9.53 Å². The van der Waals surface area contributed by atoms with Crippen LogP contribution in [0.25, 0.3) is 10.9 Å². The Hall–Kier alpha value is -2.67. The minimum Gasteiger partial charge on any atom is -0.431 e. The average Bonchev–Trinajstić information content (AvgIpc) is 3.03. The van der Waals surface area contributed by atoms with Gasteiger partial charge in [0.1, 0.15) is 12.4 Å². The van der Waals surface area contributed by atoms with Gasteiger partial charge in [-0.15, -0.1) is 0 Å². The molecule has 3 saturated heterocycles. The molecule has 7 nitrogen and oxygen atoms in total. The summed E-state index contributed by atoms with van der Waals surface area (Å²) >= 11 is 0. The number of carbonyl (C=O) groups excluding carboxylic acids is 1. The quantitative estimate of drug-likeness (QED) is 0.571. The van der Waals surface area contributed by atoms with E-state index < -0.39 is 5.97 Å². The lowest BCUT2D eigenvalue weighted by Gasteiger charge is -2.33. The molecule has 0 aliphatic carbocycles. The second kappa shape index (κ2) is 7.99. The maximum absolute atomic E-state index is 13.3. The molecule has 3 fully saturated rings. The van der Waals surface area contributed by atoms with E-state index in [1.165, 1.54) is 4.57 Å². The maximum atomic E-state index is 13.3. The monoisotopic (exact) mass is 396 g/mol. The summed E-state index contributed by atoms with van der Waals surface area (Å²) in [7, 11) is 0. The van der Waals surface area contributed by atoms with E-state index >= 15 is 0 Å². The first-order valence-electron chi connectivity index (χ1n) is 10.3. The molecule has 0 amide bonds. The van der Waals surface area contributed by atoms with Gasteiger partial charge in [0.05, 0.1) is 16.7 Å². The highest BCUT2D eigenvalue weighted by Crippen LogP contribution is 2.28. The molecule has 3 aliphatic heterocycles. The fraction of sp³-hybridized carbons (Fsp3) is 0.500. The van der Waals surface area contributed by atoms with Crippen LogP contribution >= 0.6 is 0 Å². The first-order valence-corrected chi connectivity index (χ1v) is 10.3. The van der Waals surface area contributed by atoms with Crippen molar-refractivity contribution in [3.8, 4) is 0 Å². The van der Waals surface area contributed by atoms with E-state index in [1.807, 2.05) is 19.1 Å². The molecule has 1 aromatic heterocycles. The predicted molar refractivity (Wildman–Crippen MR) is 113 cm³/mol. The summed E-state index contributed by atoms with van der Waals surface area (Å²) in [6.45, 7) is 11.3. The number of ether oxygens (including phenoxy) is 1. The molecule has 7 heteroatoms. The standard InChI is InChI=1S/C22H28N4O3/c1-4-20-23-19-6-5-17(25-12-11-24-9-7-16(25)8-10-24)13-18(19)22(28)26(20)14-21(27)29-15(2)3/h5-6,13,16H,2,4,7-12,14H2,1,3H3. The fourth-order valence-electron chi connectivity index (χ4n) is 4.45. The maximum Gasteiger partial charge on any atom is 0.331 e. The van der Waals surface area contributed by atoms with Gasteiger partial charge in [-0.1, -0.05) is 13.5 Å². The third-order valence-corrected chi connectivity index (χ3v) is 5.89. The van der Waals surface area contributed by atoms with Crippen LogP contribution in [-0.2, 0) is 22.5 Å². The summed E-state index contributed by atoms with van der Waals surface area (Å²) in [6, 6.07) is 6.46. The van der Waals surface area contributed by atoms with Crippen molar-refractivity contribution in [1.82, 2.24) is 14.5 Å². The molecule has 154 valence electrons. The van der Waals surface area contributed by atoms with Gasteiger partial charge < -0.3 is 14.5 Å². The molecular formula is C22H28N4O3. The van der Waals surface area contributed by atoms with Crippen molar-refractivity contribution in [3.63, 3.8) is 0 Å². The molecule has 4 heterocycles. The number of nitrogens with zero attached hydrogens (tertiary/aromatic N) is 4. The first kappa shape index (κ1) is 19.6. The van der Waals surface area contributed by atoms with Crippen LogP contribution in [0.3, 0.4) is 0 Å². The van der Waals surface area contributed by atoms with Gasteiger partial charge in [-0.25, -0.2) is 9.78 Å². The molecule has 5 rings (SSSR count). The Morgan fingerprint density at radius 1 is 1.24 bits per heavy atom. The number of anilines is 1. The van der Waals surface area contributed by atoms with Crippen LogP contribution in [0.2, 0.25) is 0 Å². The van der Waals surface area contributed by atoms with Crippen LogP contribution in [-0.4, -0.2) is 52.6 Å². The van der Waals surface area contributed by atoms with Gasteiger partial charge in [0.15, 0.2) is 0 Å². The Morgan fingerprint density at radius 2 is 2.00 bits per heavy atom. The summed E-state index contributed by atoms with van der Waals surface area (Å²) < 4.78 is 6.48. The number of benzene rings is 1. The first-order chi connectivity index (χ1) is 14.0. The van der Waals surface area contributed by atoms with E-state index in [2.05, 4.69) is 27.4 Å². The highest BCUT2D eigenvalue weighted by Gasteiger charge is 2.29. The van der Waals surface area contributed by atoms with Crippen LogP contribution in [0.5, 0.6) is 0 Å². The number of rotatable bonds is 5. The van der Waals surface area contributed by atoms with Crippen molar-refractivity contribution in [3.05, 3.63) is 46.7 Å². The number of allylic oxidation sites excluding steroid dienone is 1. The van der Waals surface area contributed by atoms with E-state index in [-0.39, 0.29) is 12.1 Å². The summed E-state index contributed by atoms with van der Waals surface area (Å²) in [5.41, 5.74) is 1.53. The Balaban J connectivity index is 1.73. The number of esters is 1. The van der Waals surface area contributed by atoms with Gasteiger partial charge in [0, 0.05) is 44.3 Å². The zero-order valence-electron chi connectivity index (χ0n) is 17.2. The third-order valence-electron chi connectivity index (χ3n) is 5.89. The fourth-order valence-corrected chi connectivity index (χ4v) is 4.45. The van der Waals surface area contributed by atoms with E-state index in [1.54, 1.807) is 6.92 Å². The van der Waals surface area contributed by atoms with Crippen LogP contribution in [0, 0.1) is 0 Å². The topological polar surface area (TPSA) is 67.7 Å². The van der Waals surface area contributed by atoms with E-state index in [9.17, 15) is 9.59 Å². The predicted octanol–water partition coefficient (Wildman–Crippen LogP) is 2.32. The van der Waals surface area contributed by atoms with Crippen molar-refractivity contribution in [2.24, 2.45) is 0 Å². The lowest BCUT2D eigenvalue weighted by molar-refractivity contribution is -0.140. The van der Waals surface area contributed by atoms with E-state index in [4.69, 9.17) is 4.74 Å². The Morgan fingerprint density at radius 3 is 2.69 bits per heavy atom. The molecular weight excluding hydrogens is 368 g/mol. The van der Waals surface area contributed by atoms with Crippen molar-refractivity contribution in [2.45, 2.75) is 45.7 Å². The molecule has 0 radical (unpaired) electrons. The number of piperidine rings is 1. The van der Waals surface area contributed by atoms with Crippen LogP contribution < -0.4 is 10.5 Å². The number of fused-ring (bicyclic) bond motifs is 5. The smallest absolute Gasteiger partial charge is 0.331 e. The van der Waals surface area contributed by atoms with Gasteiger partial charge in [-0.3, -0.25) is 9.36 Å². The highest BCUT2D eigenvalue weighted by atomic mass is 16.5. The van der Waals surface area contributed by atoms with E-state index in [0.29, 0.717) is 34.9 Å². The number of hydrogen-bond donors (Lipinski definition) is 0. The second-order valence-electron chi connectivity index (χ2n) is 7.92. The van der Waals surface area contributed by atoms with Crippen molar-refractivity contribution in [2.75, 3.05) is 31.1 Å². The minimum atomic E-state index is -0.509. The largest absolute Gasteiger partial charge is 0.431 e. The number of hydrogen-bond acceptors (Lipinski definition) is 6. The molecule has 0 atom stereocenters. The van der Waals surface area contributed by atoms with Gasteiger partial charge >= 0.3 is 5.97 Å². The van der Waals surface area contributed by atoms with Gasteiger partial charge in [-0.2, -0.15) is 0 Å². The lowest BCUT2D eigenvalue weighted by atomic mass is 10.0. The average molecular weight is 396 g/mol.